The van der Waals surface area contributed by atoms with Crippen molar-refractivity contribution in [3.63, 3.8) is 0 Å². The van der Waals surface area contributed by atoms with Gasteiger partial charge >= 0.3 is 0 Å². The first-order chi connectivity index (χ1) is 10.1. The quantitative estimate of drug-likeness (QED) is 0.837. The van der Waals surface area contributed by atoms with Crippen LogP contribution in [-0.2, 0) is 10.0 Å². The van der Waals surface area contributed by atoms with Crippen LogP contribution in [-0.4, -0.2) is 25.9 Å². The Bertz CT molecular complexity index is 693. The van der Waals surface area contributed by atoms with Crippen molar-refractivity contribution >= 4 is 32.6 Å². The maximum absolute atomic E-state index is 12.1. The van der Waals surface area contributed by atoms with E-state index in [-0.39, 0.29) is 15.8 Å². The molecule has 0 bridgehead atoms. The second kappa shape index (κ2) is 6.83. The van der Waals surface area contributed by atoms with Gasteiger partial charge < -0.3 is 10.1 Å². The summed E-state index contributed by atoms with van der Waals surface area (Å²) in [5.41, 5.74) is 0.452. The lowest BCUT2D eigenvalue weighted by Crippen LogP contribution is -2.19. The van der Waals surface area contributed by atoms with E-state index in [1.807, 2.05) is 6.07 Å². The summed E-state index contributed by atoms with van der Waals surface area (Å²) in [4.78, 5) is 0.0952. The van der Waals surface area contributed by atoms with Gasteiger partial charge in [-0.1, -0.05) is 25.1 Å². The molecule has 1 heterocycles. The Labute approximate surface area is 128 Å². The molecular formula is C13H15N3O3S2. The van der Waals surface area contributed by atoms with E-state index < -0.39 is 10.0 Å². The van der Waals surface area contributed by atoms with E-state index in [9.17, 15) is 8.42 Å². The Balaban J connectivity index is 2.23. The van der Waals surface area contributed by atoms with Crippen LogP contribution < -0.4 is 10.1 Å². The molecule has 0 atom stereocenters. The van der Waals surface area contributed by atoms with Crippen molar-refractivity contribution in [2.24, 2.45) is 4.40 Å². The van der Waals surface area contributed by atoms with Crippen LogP contribution in [0.3, 0.4) is 0 Å². The van der Waals surface area contributed by atoms with Gasteiger partial charge in [0.1, 0.15) is 10.6 Å². The van der Waals surface area contributed by atoms with Crippen LogP contribution in [0.4, 0.5) is 5.69 Å². The number of hydrogen-bond donors (Lipinski definition) is 1. The van der Waals surface area contributed by atoms with Gasteiger partial charge in [0.2, 0.25) is 0 Å². The zero-order chi connectivity index (χ0) is 15.3. The Kier molecular flexibility index (Phi) is 5.09. The van der Waals surface area contributed by atoms with Crippen LogP contribution in [0, 0.1) is 11.3 Å². The monoisotopic (exact) mass is 325 g/mol. The van der Waals surface area contributed by atoms with E-state index in [0.29, 0.717) is 18.0 Å². The molecule has 0 saturated heterocycles. The van der Waals surface area contributed by atoms with Crippen LogP contribution in [0.15, 0.2) is 27.5 Å². The molecule has 1 N–H and O–H groups in total. The molecule has 2 rings (SSSR count). The normalized spacial score (nSPS) is 15.3. The number of anilines is 1. The maximum atomic E-state index is 12.1. The van der Waals surface area contributed by atoms with E-state index in [2.05, 4.69) is 16.6 Å². The number of amidine groups is 1. The van der Waals surface area contributed by atoms with E-state index in [1.165, 1.54) is 6.07 Å². The van der Waals surface area contributed by atoms with Gasteiger partial charge in [-0.25, -0.2) is 0 Å². The van der Waals surface area contributed by atoms with Crippen molar-refractivity contribution in [3.05, 3.63) is 18.2 Å². The van der Waals surface area contributed by atoms with Gasteiger partial charge in [-0.2, -0.15) is 13.7 Å². The fraction of sp³-hybridized carbons (Fsp3) is 0.385. The minimum atomic E-state index is -3.76. The van der Waals surface area contributed by atoms with Gasteiger partial charge in [-0.3, -0.25) is 0 Å². The molecule has 0 spiro atoms. The predicted molar refractivity (Wildman–Crippen MR) is 83.2 cm³/mol. The molecule has 21 heavy (non-hydrogen) atoms. The molecule has 0 unspecified atom stereocenters. The summed E-state index contributed by atoms with van der Waals surface area (Å²) in [5, 5.41) is 11.7. The molecule has 1 aromatic rings. The molecular weight excluding hydrogens is 310 g/mol. The van der Waals surface area contributed by atoms with Crippen LogP contribution >= 0.6 is 11.8 Å². The number of ether oxygens (including phenoxy) is 1. The number of thioether (sulfide) groups is 1. The lowest BCUT2D eigenvalue weighted by Gasteiger charge is -2.18. The summed E-state index contributed by atoms with van der Waals surface area (Å²) >= 11 is 1.05. The number of rotatable bonds is 5. The molecule has 0 radical (unpaired) electrons. The number of fused-ring (bicyclic) bond motifs is 1. The summed E-state index contributed by atoms with van der Waals surface area (Å²) in [6, 6.07) is 6.77. The number of unbranched alkanes of at least 4 members (excludes halogenated alkanes) is 1. The molecule has 0 saturated carbocycles. The molecule has 112 valence electrons. The third-order valence-electron chi connectivity index (χ3n) is 2.72. The predicted octanol–water partition coefficient (Wildman–Crippen LogP) is 2.59. The Morgan fingerprint density at radius 2 is 2.29 bits per heavy atom. The average molecular weight is 325 g/mol. The Morgan fingerprint density at radius 3 is 3.00 bits per heavy atom. The second-order valence-electron chi connectivity index (χ2n) is 4.30. The zero-order valence-corrected chi connectivity index (χ0v) is 13.1. The fourth-order valence-electron chi connectivity index (χ4n) is 1.70. The first-order valence-electron chi connectivity index (χ1n) is 6.45. The Morgan fingerprint density at radius 1 is 1.48 bits per heavy atom. The van der Waals surface area contributed by atoms with Crippen LogP contribution in [0.1, 0.15) is 19.8 Å². The van der Waals surface area contributed by atoms with Crippen LogP contribution in [0.25, 0.3) is 0 Å². The highest BCUT2D eigenvalue weighted by atomic mass is 32.2. The SMILES string of the molecule is CCCCOc1ccc2c(c1)S(=O)(=O)N=C(SCC#N)N2. The lowest BCUT2D eigenvalue weighted by atomic mass is 10.3. The molecule has 0 amide bonds. The molecule has 8 heteroatoms. The Hall–Kier alpha value is -1.72. The van der Waals surface area contributed by atoms with E-state index >= 15 is 0 Å². The van der Waals surface area contributed by atoms with E-state index in [0.717, 1.165) is 24.6 Å². The van der Waals surface area contributed by atoms with Gasteiger partial charge in [0, 0.05) is 6.07 Å². The molecule has 0 aliphatic carbocycles. The summed E-state index contributed by atoms with van der Waals surface area (Å²) in [6.45, 7) is 2.61. The first-order valence-corrected chi connectivity index (χ1v) is 8.88. The first kappa shape index (κ1) is 15.7. The third-order valence-corrected chi connectivity index (χ3v) is 4.89. The number of nitrogens with zero attached hydrogens (tertiary/aromatic N) is 2. The van der Waals surface area contributed by atoms with Gasteiger partial charge in [-0.05, 0) is 18.6 Å². The summed E-state index contributed by atoms with van der Waals surface area (Å²) < 4.78 is 33.5. The van der Waals surface area contributed by atoms with Gasteiger partial charge in [0.15, 0.2) is 5.17 Å². The van der Waals surface area contributed by atoms with Crippen molar-refractivity contribution in [2.45, 2.75) is 24.7 Å². The fourth-order valence-corrected chi connectivity index (χ4v) is 3.62. The van der Waals surface area contributed by atoms with Gasteiger partial charge in [0.25, 0.3) is 10.0 Å². The van der Waals surface area contributed by atoms with Crippen LogP contribution in [0.2, 0.25) is 0 Å². The zero-order valence-electron chi connectivity index (χ0n) is 11.5. The minimum absolute atomic E-state index is 0.0952. The molecule has 6 nitrogen and oxygen atoms in total. The smallest absolute Gasteiger partial charge is 0.286 e. The second-order valence-corrected chi connectivity index (χ2v) is 6.84. The van der Waals surface area contributed by atoms with Crippen molar-refractivity contribution in [3.8, 4) is 11.8 Å². The van der Waals surface area contributed by atoms with Crippen molar-refractivity contribution in [1.82, 2.24) is 0 Å². The molecule has 1 aliphatic heterocycles. The van der Waals surface area contributed by atoms with Crippen LogP contribution in [0.5, 0.6) is 5.75 Å². The minimum Gasteiger partial charge on any atom is -0.494 e. The molecule has 0 fully saturated rings. The number of sulfonamides is 1. The summed E-state index contributed by atoms with van der Waals surface area (Å²) in [6.07, 6.45) is 1.92. The number of hydrogen-bond acceptors (Lipinski definition) is 6. The summed E-state index contributed by atoms with van der Waals surface area (Å²) in [7, 11) is -3.76. The van der Waals surface area contributed by atoms with E-state index in [4.69, 9.17) is 10.00 Å². The average Bonchev–Trinajstić information content (AvgIpc) is 2.45. The van der Waals surface area contributed by atoms with Gasteiger partial charge in [0.05, 0.1) is 24.1 Å². The highest BCUT2D eigenvalue weighted by molar-refractivity contribution is 8.15. The van der Waals surface area contributed by atoms with Crippen molar-refractivity contribution < 1.29 is 13.2 Å². The lowest BCUT2D eigenvalue weighted by molar-refractivity contribution is 0.308. The van der Waals surface area contributed by atoms with Crippen molar-refractivity contribution in [2.75, 3.05) is 17.7 Å². The number of nitrogens with one attached hydrogen (secondary N) is 1. The highest BCUT2D eigenvalue weighted by Gasteiger charge is 2.25. The highest BCUT2D eigenvalue weighted by Crippen LogP contribution is 2.32. The standard InChI is InChI=1S/C13H15N3O3S2/c1-2-3-7-19-10-4-5-11-12(9-10)21(17,18)16-13(15-11)20-8-6-14/h4-5,9H,2-3,7-8H2,1H3,(H,15,16). The maximum Gasteiger partial charge on any atom is 0.286 e. The molecule has 0 aromatic heterocycles. The van der Waals surface area contributed by atoms with Gasteiger partial charge in [-0.15, -0.1) is 4.40 Å². The summed E-state index contributed by atoms with van der Waals surface area (Å²) in [5.74, 6) is 0.644. The topological polar surface area (TPSA) is 91.6 Å². The van der Waals surface area contributed by atoms with Crippen molar-refractivity contribution in [1.29, 1.82) is 5.26 Å². The molecule has 1 aliphatic rings. The largest absolute Gasteiger partial charge is 0.494 e. The van der Waals surface area contributed by atoms with E-state index in [1.54, 1.807) is 12.1 Å². The number of nitriles is 1. The molecule has 1 aromatic carbocycles. The third kappa shape index (κ3) is 3.89. The number of benzene rings is 1.